The molecule has 4 atom stereocenters. The average molecular weight is 268 g/mol. The Morgan fingerprint density at radius 3 is 2.95 bits per heavy atom. The Balaban J connectivity index is 1.82. The number of carbonyl (C=O) groups excluding carboxylic acids is 1. The molecule has 0 spiro atoms. The van der Waals surface area contributed by atoms with E-state index in [1.54, 1.807) is 0 Å². The quantitative estimate of drug-likeness (QED) is 0.516. The van der Waals surface area contributed by atoms with Crippen LogP contribution in [-0.4, -0.2) is 64.0 Å². The van der Waals surface area contributed by atoms with Gasteiger partial charge in [-0.25, -0.2) is 5.01 Å². The minimum Gasteiger partial charge on any atom is -0.394 e. The smallest absolute Gasteiger partial charge is 0.283 e. The highest BCUT2D eigenvalue weighted by Crippen LogP contribution is 2.28. The molecular weight excluding hydrogens is 256 g/mol. The fraction of sp³-hybridized carbons (Fsp3) is 0.667. The van der Waals surface area contributed by atoms with Gasteiger partial charge >= 0.3 is 0 Å². The minimum atomic E-state index is -0.902. The zero-order valence-electron chi connectivity index (χ0n) is 9.75. The van der Waals surface area contributed by atoms with Crippen molar-refractivity contribution in [1.82, 2.24) is 5.01 Å². The van der Waals surface area contributed by atoms with E-state index in [1.807, 2.05) is 0 Å². The number of ether oxygens (including phenoxy) is 1. The molecule has 0 aromatic carbocycles. The third-order valence-electron chi connectivity index (χ3n) is 3.09. The number of nitrogens with two attached hydrogens (primary N) is 1. The van der Waals surface area contributed by atoms with Crippen LogP contribution in [0, 0.1) is 0 Å². The Hall–Kier alpha value is -1.91. The van der Waals surface area contributed by atoms with E-state index in [9.17, 15) is 9.90 Å². The molecule has 0 aliphatic carbocycles. The van der Waals surface area contributed by atoms with Crippen LogP contribution in [0.2, 0.25) is 0 Å². The van der Waals surface area contributed by atoms with Gasteiger partial charge in [0.15, 0.2) is 12.1 Å². The Morgan fingerprint density at radius 2 is 2.26 bits per heavy atom. The number of amides is 1. The topological polar surface area (TPSA) is 145 Å². The van der Waals surface area contributed by atoms with Crippen LogP contribution >= 0.6 is 0 Å². The zero-order valence-corrected chi connectivity index (χ0v) is 9.75. The Bertz CT molecular complexity index is 503. The van der Waals surface area contributed by atoms with E-state index in [-0.39, 0.29) is 24.8 Å². The molecule has 10 nitrogen and oxygen atoms in total. The van der Waals surface area contributed by atoms with Crippen molar-refractivity contribution in [1.29, 1.82) is 0 Å². The SMILES string of the molecule is NC1=NC(=O)C2N=NN([C@H]3C[C@H](O)[C@@H](CO)O3)C2=N1. The van der Waals surface area contributed by atoms with Gasteiger partial charge in [-0.15, -0.1) is 5.11 Å². The Labute approximate surface area is 107 Å². The van der Waals surface area contributed by atoms with Crippen LogP contribution in [0.4, 0.5) is 0 Å². The van der Waals surface area contributed by atoms with E-state index < -0.39 is 30.4 Å². The molecule has 0 bridgehead atoms. The van der Waals surface area contributed by atoms with Gasteiger partial charge in [0.05, 0.1) is 12.7 Å². The maximum atomic E-state index is 11.6. The molecule has 10 heteroatoms. The van der Waals surface area contributed by atoms with Gasteiger partial charge in [0.1, 0.15) is 6.10 Å². The summed E-state index contributed by atoms with van der Waals surface area (Å²) in [6.45, 7) is -0.304. The lowest BCUT2D eigenvalue weighted by Gasteiger charge is -2.22. The fourth-order valence-corrected chi connectivity index (χ4v) is 2.15. The first-order valence-electron chi connectivity index (χ1n) is 5.71. The highest BCUT2D eigenvalue weighted by molar-refractivity contribution is 6.17. The number of aliphatic hydroxyl groups excluding tert-OH is 2. The van der Waals surface area contributed by atoms with Crippen LogP contribution in [0.3, 0.4) is 0 Å². The van der Waals surface area contributed by atoms with Crippen molar-refractivity contribution >= 4 is 17.7 Å². The summed E-state index contributed by atoms with van der Waals surface area (Å²) in [5.41, 5.74) is 5.42. The number of nitrogens with zero attached hydrogens (tertiary/aromatic N) is 5. The summed E-state index contributed by atoms with van der Waals surface area (Å²) in [5, 5.41) is 27.6. The first-order valence-corrected chi connectivity index (χ1v) is 5.71. The van der Waals surface area contributed by atoms with Crippen molar-refractivity contribution in [3.05, 3.63) is 0 Å². The molecule has 3 aliphatic heterocycles. The van der Waals surface area contributed by atoms with Gasteiger partial charge in [-0.3, -0.25) is 4.79 Å². The van der Waals surface area contributed by atoms with Crippen LogP contribution in [-0.2, 0) is 9.53 Å². The Kier molecular flexibility index (Phi) is 2.77. The van der Waals surface area contributed by atoms with E-state index in [0.29, 0.717) is 0 Å². The van der Waals surface area contributed by atoms with Gasteiger partial charge in [-0.2, -0.15) is 9.98 Å². The molecule has 1 unspecified atom stereocenters. The molecule has 102 valence electrons. The largest absolute Gasteiger partial charge is 0.394 e. The zero-order chi connectivity index (χ0) is 13.6. The lowest BCUT2D eigenvalue weighted by atomic mass is 10.2. The summed E-state index contributed by atoms with van der Waals surface area (Å²) >= 11 is 0. The molecule has 0 aromatic heterocycles. The summed E-state index contributed by atoms with van der Waals surface area (Å²) in [6.07, 6.45) is -1.92. The highest BCUT2D eigenvalue weighted by Gasteiger charge is 2.45. The van der Waals surface area contributed by atoms with Crippen molar-refractivity contribution in [2.45, 2.75) is 30.9 Å². The number of hydrogen-bond acceptors (Lipinski definition) is 9. The summed E-state index contributed by atoms with van der Waals surface area (Å²) in [6, 6.07) is -0.902. The Morgan fingerprint density at radius 1 is 1.47 bits per heavy atom. The number of guanidine groups is 1. The van der Waals surface area contributed by atoms with Crippen LogP contribution in [0.15, 0.2) is 20.3 Å². The van der Waals surface area contributed by atoms with Crippen molar-refractivity contribution in [2.75, 3.05) is 6.61 Å². The molecule has 1 saturated heterocycles. The monoisotopic (exact) mass is 268 g/mol. The molecule has 3 heterocycles. The number of hydrogen-bond donors (Lipinski definition) is 3. The average Bonchev–Trinajstić information content (AvgIpc) is 2.92. The van der Waals surface area contributed by atoms with Crippen LogP contribution < -0.4 is 5.73 Å². The highest BCUT2D eigenvalue weighted by atomic mass is 16.5. The van der Waals surface area contributed by atoms with E-state index in [0.717, 1.165) is 0 Å². The van der Waals surface area contributed by atoms with Gasteiger partial charge in [0.2, 0.25) is 12.0 Å². The molecule has 1 fully saturated rings. The number of rotatable bonds is 2. The third kappa shape index (κ3) is 1.89. The van der Waals surface area contributed by atoms with Crippen LogP contribution in [0.25, 0.3) is 0 Å². The van der Waals surface area contributed by atoms with E-state index in [2.05, 4.69) is 20.3 Å². The molecule has 0 aromatic rings. The van der Waals surface area contributed by atoms with Crippen molar-refractivity contribution < 1.29 is 19.7 Å². The molecule has 3 rings (SSSR count). The van der Waals surface area contributed by atoms with Crippen molar-refractivity contribution in [2.24, 2.45) is 26.1 Å². The van der Waals surface area contributed by atoms with Gasteiger partial charge in [0, 0.05) is 6.42 Å². The van der Waals surface area contributed by atoms with Gasteiger partial charge in [0.25, 0.3) is 5.91 Å². The van der Waals surface area contributed by atoms with E-state index in [1.165, 1.54) is 5.01 Å². The van der Waals surface area contributed by atoms with E-state index in [4.69, 9.17) is 15.6 Å². The van der Waals surface area contributed by atoms with E-state index >= 15 is 0 Å². The second-order valence-electron chi connectivity index (χ2n) is 4.35. The second kappa shape index (κ2) is 4.33. The van der Waals surface area contributed by atoms with Gasteiger partial charge < -0.3 is 20.7 Å². The normalized spacial score (nSPS) is 37.4. The standard InChI is InChI=1S/C9H12N6O4/c10-9-11-7-6(8(18)12-9)13-14-15(7)5-1-3(17)4(2-16)19-5/h3-6,16-17H,1-2H2,(H2,10,12,18)/t3-,4+,5+,6?/m0/s1. The van der Waals surface area contributed by atoms with Crippen molar-refractivity contribution in [3.63, 3.8) is 0 Å². The first-order chi connectivity index (χ1) is 9.10. The number of amidine groups is 1. The number of aliphatic hydroxyl groups is 2. The number of fused-ring (bicyclic) bond motifs is 1. The molecule has 4 N–H and O–H groups in total. The third-order valence-corrected chi connectivity index (χ3v) is 3.09. The number of carbonyl (C=O) groups is 1. The fourth-order valence-electron chi connectivity index (χ4n) is 2.15. The lowest BCUT2D eigenvalue weighted by Crippen LogP contribution is -2.43. The van der Waals surface area contributed by atoms with Gasteiger partial charge in [-0.1, -0.05) is 5.22 Å². The maximum absolute atomic E-state index is 11.6. The predicted octanol–water partition coefficient (Wildman–Crippen LogP) is -2.24. The summed E-state index contributed by atoms with van der Waals surface area (Å²) < 4.78 is 5.43. The maximum Gasteiger partial charge on any atom is 0.283 e. The van der Waals surface area contributed by atoms with Crippen molar-refractivity contribution in [3.8, 4) is 0 Å². The molecule has 1 amide bonds. The van der Waals surface area contributed by atoms with Crippen LogP contribution in [0.5, 0.6) is 0 Å². The molecule has 3 aliphatic rings. The molecule has 19 heavy (non-hydrogen) atoms. The first kappa shape index (κ1) is 12.1. The number of aliphatic imine (C=N–C) groups is 2. The molecule has 0 radical (unpaired) electrons. The predicted molar refractivity (Wildman–Crippen MR) is 60.9 cm³/mol. The summed E-state index contributed by atoms with van der Waals surface area (Å²) in [4.78, 5) is 19.0. The molecular formula is C9H12N6O4. The lowest BCUT2D eigenvalue weighted by molar-refractivity contribution is -0.117. The summed E-state index contributed by atoms with van der Waals surface area (Å²) in [5.74, 6) is -0.468. The molecule has 0 saturated carbocycles. The second-order valence-corrected chi connectivity index (χ2v) is 4.35. The van der Waals surface area contributed by atoms with Gasteiger partial charge in [-0.05, 0) is 0 Å². The summed E-state index contributed by atoms with van der Waals surface area (Å²) in [7, 11) is 0. The minimum absolute atomic E-state index is 0.161. The van der Waals surface area contributed by atoms with Crippen LogP contribution in [0.1, 0.15) is 6.42 Å².